The van der Waals surface area contributed by atoms with Crippen molar-refractivity contribution in [2.75, 3.05) is 0 Å². The number of hydrogen-bond donors (Lipinski definition) is 0. The van der Waals surface area contributed by atoms with E-state index in [1.54, 1.807) is 18.2 Å². The Kier molecular flexibility index (Phi) is 3.40. The Morgan fingerprint density at radius 2 is 1.88 bits per heavy atom. The Morgan fingerprint density at radius 3 is 2.59 bits per heavy atom. The van der Waals surface area contributed by atoms with Crippen molar-refractivity contribution in [2.24, 2.45) is 0 Å². The molecule has 2 aromatic carbocycles. The minimum absolute atomic E-state index is 0.0536. The highest BCUT2D eigenvalue weighted by molar-refractivity contribution is 6.30. The van der Waals surface area contributed by atoms with Crippen molar-refractivity contribution in [1.29, 1.82) is 0 Å². The molecule has 0 saturated heterocycles. The van der Waals surface area contributed by atoms with Crippen molar-refractivity contribution in [2.45, 2.75) is 0 Å². The van der Waals surface area contributed by atoms with Gasteiger partial charge < -0.3 is 4.74 Å². The number of benzene rings is 2. The lowest BCUT2D eigenvalue weighted by atomic mass is 10.2. The van der Waals surface area contributed by atoms with Gasteiger partial charge in [-0.2, -0.15) is 0 Å². The van der Waals surface area contributed by atoms with Crippen LogP contribution < -0.4 is 4.74 Å². The highest BCUT2D eigenvalue weighted by Crippen LogP contribution is 2.28. The topological polar surface area (TPSA) is 26.3 Å². The summed E-state index contributed by atoms with van der Waals surface area (Å²) in [6.07, 6.45) is 0.631. The van der Waals surface area contributed by atoms with E-state index >= 15 is 0 Å². The summed E-state index contributed by atoms with van der Waals surface area (Å²) in [5.74, 6) is -0.209. The molecule has 0 aliphatic rings. The number of carbonyl (C=O) groups excluding carboxylic acids is 1. The number of halogens is 2. The molecule has 0 bridgehead atoms. The van der Waals surface area contributed by atoms with Crippen LogP contribution in [0.3, 0.4) is 0 Å². The van der Waals surface area contributed by atoms with E-state index in [9.17, 15) is 9.18 Å². The molecule has 0 unspecified atom stereocenters. The lowest BCUT2D eigenvalue weighted by Crippen LogP contribution is -1.92. The van der Waals surface area contributed by atoms with Crippen LogP contribution in [0.4, 0.5) is 4.39 Å². The Morgan fingerprint density at radius 1 is 1.12 bits per heavy atom. The summed E-state index contributed by atoms with van der Waals surface area (Å²) in [5.41, 5.74) is 0.317. The molecule has 4 heteroatoms. The SMILES string of the molecule is O=Cc1ccc(Cl)cc1Oc1ccccc1F. The molecule has 0 fully saturated rings. The molecule has 0 heterocycles. The Labute approximate surface area is 103 Å². The third-order valence-corrected chi connectivity index (χ3v) is 2.39. The van der Waals surface area contributed by atoms with Gasteiger partial charge in [0.1, 0.15) is 5.75 Å². The van der Waals surface area contributed by atoms with Crippen molar-refractivity contribution in [3.8, 4) is 11.5 Å². The van der Waals surface area contributed by atoms with Crippen LogP contribution in [-0.4, -0.2) is 6.29 Å². The van der Waals surface area contributed by atoms with Crippen LogP contribution in [0.1, 0.15) is 10.4 Å². The van der Waals surface area contributed by atoms with Gasteiger partial charge in [-0.1, -0.05) is 23.7 Å². The first-order valence-corrected chi connectivity index (χ1v) is 5.25. The van der Waals surface area contributed by atoms with Gasteiger partial charge in [0, 0.05) is 11.1 Å². The van der Waals surface area contributed by atoms with Crippen LogP contribution in [0.5, 0.6) is 11.5 Å². The predicted octanol–water partition coefficient (Wildman–Crippen LogP) is 4.08. The molecule has 0 spiro atoms. The summed E-state index contributed by atoms with van der Waals surface area (Å²) in [5, 5.41) is 0.418. The predicted molar refractivity (Wildman–Crippen MR) is 63.3 cm³/mol. The molecule has 17 heavy (non-hydrogen) atoms. The second kappa shape index (κ2) is 4.97. The van der Waals surface area contributed by atoms with Gasteiger partial charge in [0.05, 0.1) is 5.56 Å². The molecule has 2 aromatic rings. The fraction of sp³-hybridized carbons (Fsp3) is 0. The number of ether oxygens (including phenoxy) is 1. The van der Waals surface area contributed by atoms with Crippen molar-refractivity contribution >= 4 is 17.9 Å². The number of hydrogen-bond acceptors (Lipinski definition) is 2. The Balaban J connectivity index is 2.39. The van der Waals surface area contributed by atoms with E-state index in [2.05, 4.69) is 0 Å². The molecular formula is C13H8ClFO2. The lowest BCUT2D eigenvalue weighted by molar-refractivity contribution is 0.112. The number of rotatable bonds is 3. The van der Waals surface area contributed by atoms with E-state index in [4.69, 9.17) is 16.3 Å². The van der Waals surface area contributed by atoms with Gasteiger partial charge in [-0.3, -0.25) is 4.79 Å². The average Bonchev–Trinajstić information content (AvgIpc) is 2.32. The highest BCUT2D eigenvalue weighted by atomic mass is 35.5. The normalized spacial score (nSPS) is 10.0. The van der Waals surface area contributed by atoms with E-state index < -0.39 is 5.82 Å². The van der Waals surface area contributed by atoms with Crippen LogP contribution in [0.15, 0.2) is 42.5 Å². The van der Waals surface area contributed by atoms with Crippen molar-refractivity contribution < 1.29 is 13.9 Å². The molecule has 0 aliphatic heterocycles. The summed E-state index contributed by atoms with van der Waals surface area (Å²) >= 11 is 5.79. The van der Waals surface area contributed by atoms with Crippen molar-refractivity contribution in [3.63, 3.8) is 0 Å². The van der Waals surface area contributed by atoms with E-state index in [1.807, 2.05) is 0 Å². The molecule has 0 atom stereocenters. The fourth-order valence-electron chi connectivity index (χ4n) is 1.34. The van der Waals surface area contributed by atoms with E-state index in [1.165, 1.54) is 24.3 Å². The van der Waals surface area contributed by atoms with Crippen LogP contribution >= 0.6 is 11.6 Å². The average molecular weight is 251 g/mol. The van der Waals surface area contributed by atoms with Gasteiger partial charge in [-0.25, -0.2) is 4.39 Å². The van der Waals surface area contributed by atoms with Crippen LogP contribution in [0.2, 0.25) is 5.02 Å². The summed E-state index contributed by atoms with van der Waals surface area (Å²) in [7, 11) is 0. The van der Waals surface area contributed by atoms with Gasteiger partial charge in [-0.15, -0.1) is 0 Å². The first-order valence-electron chi connectivity index (χ1n) is 4.88. The Bertz CT molecular complexity index is 555. The van der Waals surface area contributed by atoms with Gasteiger partial charge in [0.25, 0.3) is 0 Å². The summed E-state index contributed by atoms with van der Waals surface area (Å²) < 4.78 is 18.7. The zero-order chi connectivity index (χ0) is 12.3. The second-order valence-corrected chi connectivity index (χ2v) is 3.77. The van der Waals surface area contributed by atoms with E-state index in [0.29, 0.717) is 16.9 Å². The maximum Gasteiger partial charge on any atom is 0.165 e. The fourth-order valence-corrected chi connectivity index (χ4v) is 1.50. The van der Waals surface area contributed by atoms with Gasteiger partial charge in [-0.05, 0) is 24.3 Å². The maximum absolute atomic E-state index is 13.4. The highest BCUT2D eigenvalue weighted by Gasteiger charge is 2.08. The van der Waals surface area contributed by atoms with Crippen LogP contribution in [0, 0.1) is 5.82 Å². The molecule has 0 amide bonds. The minimum Gasteiger partial charge on any atom is -0.453 e. The van der Waals surface area contributed by atoms with E-state index in [-0.39, 0.29) is 11.5 Å². The zero-order valence-electron chi connectivity index (χ0n) is 8.69. The van der Waals surface area contributed by atoms with E-state index in [0.717, 1.165) is 0 Å². The second-order valence-electron chi connectivity index (χ2n) is 3.33. The molecule has 2 nitrogen and oxygen atoms in total. The summed E-state index contributed by atoms with van der Waals surface area (Å²) in [4.78, 5) is 10.8. The largest absolute Gasteiger partial charge is 0.453 e. The number of carbonyl (C=O) groups is 1. The molecule has 2 rings (SSSR count). The quantitative estimate of drug-likeness (QED) is 0.767. The smallest absolute Gasteiger partial charge is 0.165 e. The number of para-hydroxylation sites is 1. The monoisotopic (exact) mass is 250 g/mol. The molecule has 0 radical (unpaired) electrons. The molecule has 0 saturated carbocycles. The van der Waals surface area contributed by atoms with Crippen LogP contribution in [0.25, 0.3) is 0 Å². The van der Waals surface area contributed by atoms with Gasteiger partial charge in [0.2, 0.25) is 0 Å². The molecule has 0 aromatic heterocycles. The maximum atomic E-state index is 13.4. The van der Waals surface area contributed by atoms with Crippen LogP contribution in [-0.2, 0) is 0 Å². The molecular weight excluding hydrogens is 243 g/mol. The van der Waals surface area contributed by atoms with Gasteiger partial charge >= 0.3 is 0 Å². The first-order chi connectivity index (χ1) is 8.20. The van der Waals surface area contributed by atoms with Crippen molar-refractivity contribution in [1.82, 2.24) is 0 Å². The minimum atomic E-state index is -0.496. The summed E-state index contributed by atoms with van der Waals surface area (Å²) in [6, 6.07) is 10.5. The first kappa shape index (κ1) is 11.6. The molecule has 86 valence electrons. The third kappa shape index (κ3) is 2.63. The molecule has 0 N–H and O–H groups in total. The number of aldehydes is 1. The Hall–Kier alpha value is -1.87. The summed E-state index contributed by atoms with van der Waals surface area (Å²) in [6.45, 7) is 0. The molecule has 0 aliphatic carbocycles. The van der Waals surface area contributed by atoms with Gasteiger partial charge in [0.15, 0.2) is 17.9 Å². The zero-order valence-corrected chi connectivity index (χ0v) is 9.45. The third-order valence-electron chi connectivity index (χ3n) is 2.16. The lowest BCUT2D eigenvalue weighted by Gasteiger charge is -2.08. The van der Waals surface area contributed by atoms with Crippen molar-refractivity contribution in [3.05, 3.63) is 58.9 Å². The standard InChI is InChI=1S/C13H8ClFO2/c14-10-6-5-9(8-16)13(7-10)17-12-4-2-1-3-11(12)15/h1-8H.